The molecule has 14 heavy (non-hydrogen) atoms. The molecule has 0 aromatic rings. The van der Waals surface area contributed by atoms with Crippen molar-refractivity contribution < 1.29 is 9.53 Å². The van der Waals surface area contributed by atoms with Gasteiger partial charge in [-0.05, 0) is 18.3 Å². The van der Waals surface area contributed by atoms with E-state index in [0.29, 0.717) is 17.6 Å². The number of ketones is 1. The summed E-state index contributed by atoms with van der Waals surface area (Å²) in [6.07, 6.45) is 6.28. The van der Waals surface area contributed by atoms with Gasteiger partial charge in [-0.25, -0.2) is 0 Å². The summed E-state index contributed by atoms with van der Waals surface area (Å²) in [7, 11) is 0. The number of carbonyl (C=O) groups is 1. The second kappa shape index (κ2) is 2.48. The molecular formula is C12H16O2. The second-order valence-corrected chi connectivity index (χ2v) is 5.21. The first-order valence-electron chi connectivity index (χ1n) is 5.52. The number of Topliss-reactive ketones (excluding diaryl/α,β-unsaturated/α-hetero) is 1. The van der Waals surface area contributed by atoms with Crippen LogP contribution in [0.25, 0.3) is 0 Å². The summed E-state index contributed by atoms with van der Waals surface area (Å²) in [5.74, 6) is 1.43. The summed E-state index contributed by atoms with van der Waals surface area (Å²) in [4.78, 5) is 12.0. The first-order chi connectivity index (χ1) is 6.62. The molecule has 1 spiro atoms. The zero-order valence-corrected chi connectivity index (χ0v) is 8.69. The van der Waals surface area contributed by atoms with E-state index in [1.807, 2.05) is 0 Å². The summed E-state index contributed by atoms with van der Waals surface area (Å²) in [5, 5.41) is 0. The molecule has 2 nitrogen and oxygen atoms in total. The Morgan fingerprint density at radius 1 is 1.50 bits per heavy atom. The van der Waals surface area contributed by atoms with E-state index < -0.39 is 0 Å². The smallest absolute Gasteiger partial charge is 0.139 e. The zero-order valence-electron chi connectivity index (χ0n) is 8.69. The summed E-state index contributed by atoms with van der Waals surface area (Å²) in [6, 6.07) is 0. The van der Waals surface area contributed by atoms with Crippen molar-refractivity contribution >= 4 is 5.78 Å². The van der Waals surface area contributed by atoms with Gasteiger partial charge in [0.05, 0.1) is 17.6 Å². The van der Waals surface area contributed by atoms with E-state index in [1.54, 1.807) is 0 Å². The SMILES string of the molecule is C[C@H]1CC(=O)[C@H]2[C@H](C)[C@@H]3C=C[C@@]2(C1)O3. The molecule has 3 aliphatic rings. The fourth-order valence-electron chi connectivity index (χ4n) is 3.58. The average Bonchev–Trinajstić information content (AvgIpc) is 2.57. The van der Waals surface area contributed by atoms with Crippen molar-refractivity contribution in [2.24, 2.45) is 17.8 Å². The molecule has 0 aromatic carbocycles. The minimum atomic E-state index is -0.209. The Kier molecular flexibility index (Phi) is 1.54. The second-order valence-electron chi connectivity index (χ2n) is 5.21. The third kappa shape index (κ3) is 0.876. The Labute approximate surface area is 84.3 Å². The highest BCUT2D eigenvalue weighted by Gasteiger charge is 2.59. The van der Waals surface area contributed by atoms with Gasteiger partial charge in [0.25, 0.3) is 0 Å². The fourth-order valence-corrected chi connectivity index (χ4v) is 3.58. The molecule has 0 radical (unpaired) electrons. The molecule has 2 heteroatoms. The monoisotopic (exact) mass is 192 g/mol. The molecule has 0 aromatic heterocycles. The highest BCUT2D eigenvalue weighted by molar-refractivity contribution is 5.85. The van der Waals surface area contributed by atoms with Gasteiger partial charge < -0.3 is 4.74 Å². The number of hydrogen-bond acceptors (Lipinski definition) is 2. The molecule has 2 aliphatic heterocycles. The molecule has 2 fully saturated rings. The normalized spacial score (nSPS) is 55.1. The maximum Gasteiger partial charge on any atom is 0.139 e. The molecular weight excluding hydrogens is 176 g/mol. The highest BCUT2D eigenvalue weighted by Crippen LogP contribution is 2.53. The van der Waals surface area contributed by atoms with Crippen molar-refractivity contribution in [2.75, 3.05) is 0 Å². The lowest BCUT2D eigenvalue weighted by atomic mass is 9.65. The molecule has 5 atom stereocenters. The summed E-state index contributed by atoms with van der Waals surface area (Å²) in [5.41, 5.74) is -0.209. The van der Waals surface area contributed by atoms with Gasteiger partial charge in [-0.2, -0.15) is 0 Å². The van der Waals surface area contributed by atoms with Gasteiger partial charge in [-0.15, -0.1) is 0 Å². The molecule has 1 saturated heterocycles. The zero-order chi connectivity index (χ0) is 9.92. The van der Waals surface area contributed by atoms with Crippen LogP contribution in [0, 0.1) is 17.8 Å². The van der Waals surface area contributed by atoms with E-state index in [2.05, 4.69) is 26.0 Å². The minimum absolute atomic E-state index is 0.147. The Balaban J connectivity index is 2.03. The highest BCUT2D eigenvalue weighted by atomic mass is 16.5. The largest absolute Gasteiger partial charge is 0.363 e. The summed E-state index contributed by atoms with van der Waals surface area (Å²) < 4.78 is 5.98. The quantitative estimate of drug-likeness (QED) is 0.548. The lowest BCUT2D eigenvalue weighted by Gasteiger charge is -2.38. The van der Waals surface area contributed by atoms with Gasteiger partial charge >= 0.3 is 0 Å². The molecule has 3 rings (SSSR count). The number of ether oxygens (including phenoxy) is 1. The molecule has 1 saturated carbocycles. The van der Waals surface area contributed by atoms with Crippen molar-refractivity contribution in [3.63, 3.8) is 0 Å². The van der Waals surface area contributed by atoms with Crippen molar-refractivity contribution in [3.05, 3.63) is 12.2 Å². The third-order valence-corrected chi connectivity index (χ3v) is 4.06. The Hall–Kier alpha value is -0.630. The van der Waals surface area contributed by atoms with Crippen molar-refractivity contribution in [1.29, 1.82) is 0 Å². The third-order valence-electron chi connectivity index (χ3n) is 4.06. The molecule has 0 unspecified atom stereocenters. The fraction of sp³-hybridized carbons (Fsp3) is 0.750. The van der Waals surface area contributed by atoms with Crippen molar-refractivity contribution in [3.8, 4) is 0 Å². The summed E-state index contributed by atoms with van der Waals surface area (Å²) in [6.45, 7) is 4.30. The van der Waals surface area contributed by atoms with E-state index in [4.69, 9.17) is 4.74 Å². The minimum Gasteiger partial charge on any atom is -0.363 e. The lowest BCUT2D eigenvalue weighted by molar-refractivity contribution is -0.133. The van der Waals surface area contributed by atoms with Gasteiger partial charge in [-0.3, -0.25) is 4.79 Å². The number of hydrogen-bond donors (Lipinski definition) is 0. The van der Waals surface area contributed by atoms with Crippen LogP contribution in [0.1, 0.15) is 26.7 Å². The van der Waals surface area contributed by atoms with E-state index in [0.717, 1.165) is 12.8 Å². The van der Waals surface area contributed by atoms with Gasteiger partial charge in [0, 0.05) is 6.42 Å². The molecule has 2 bridgehead atoms. The first kappa shape index (κ1) is 8.66. The van der Waals surface area contributed by atoms with E-state index >= 15 is 0 Å². The number of carbonyl (C=O) groups excluding carboxylic acids is 1. The van der Waals surface area contributed by atoms with Gasteiger partial charge in [-0.1, -0.05) is 26.0 Å². The van der Waals surface area contributed by atoms with Crippen LogP contribution < -0.4 is 0 Å². The van der Waals surface area contributed by atoms with Gasteiger partial charge in [0.2, 0.25) is 0 Å². The lowest BCUT2D eigenvalue weighted by Crippen LogP contribution is -2.45. The number of rotatable bonds is 0. The van der Waals surface area contributed by atoms with E-state index in [1.165, 1.54) is 0 Å². The van der Waals surface area contributed by atoms with Gasteiger partial charge in [0.15, 0.2) is 0 Å². The predicted molar refractivity (Wildman–Crippen MR) is 52.8 cm³/mol. The Bertz CT molecular complexity index is 320. The Morgan fingerprint density at radius 2 is 2.29 bits per heavy atom. The first-order valence-corrected chi connectivity index (χ1v) is 5.52. The molecule has 2 heterocycles. The molecule has 1 aliphatic carbocycles. The topological polar surface area (TPSA) is 26.3 Å². The van der Waals surface area contributed by atoms with Crippen LogP contribution in [0.15, 0.2) is 12.2 Å². The van der Waals surface area contributed by atoms with E-state index in [-0.39, 0.29) is 17.6 Å². The van der Waals surface area contributed by atoms with Crippen LogP contribution in [-0.2, 0) is 9.53 Å². The summed E-state index contributed by atoms with van der Waals surface area (Å²) >= 11 is 0. The predicted octanol–water partition coefficient (Wildman–Crippen LogP) is 1.95. The molecule has 0 N–H and O–H groups in total. The van der Waals surface area contributed by atoms with Crippen LogP contribution in [0.2, 0.25) is 0 Å². The van der Waals surface area contributed by atoms with Crippen molar-refractivity contribution in [1.82, 2.24) is 0 Å². The van der Waals surface area contributed by atoms with Crippen molar-refractivity contribution in [2.45, 2.75) is 38.4 Å². The standard InChI is InChI=1S/C12H16O2/c1-7-5-9(13)11-8(2)10-3-4-12(11,6-7)14-10/h3-4,7-8,10-11H,5-6H2,1-2H3/t7-,8+,10-,11+,12-/m0/s1. The van der Waals surface area contributed by atoms with Crippen LogP contribution in [-0.4, -0.2) is 17.5 Å². The number of fused-ring (bicyclic) bond motifs is 1. The molecule has 76 valence electrons. The van der Waals surface area contributed by atoms with Crippen LogP contribution in [0.5, 0.6) is 0 Å². The van der Waals surface area contributed by atoms with Gasteiger partial charge in [0.1, 0.15) is 5.78 Å². The van der Waals surface area contributed by atoms with Crippen LogP contribution in [0.3, 0.4) is 0 Å². The maximum atomic E-state index is 12.0. The maximum absolute atomic E-state index is 12.0. The Morgan fingerprint density at radius 3 is 3.07 bits per heavy atom. The molecule has 0 amide bonds. The average molecular weight is 192 g/mol. The van der Waals surface area contributed by atoms with Crippen LogP contribution >= 0.6 is 0 Å². The van der Waals surface area contributed by atoms with Crippen LogP contribution in [0.4, 0.5) is 0 Å². The van der Waals surface area contributed by atoms with E-state index in [9.17, 15) is 4.79 Å².